The van der Waals surface area contributed by atoms with E-state index in [1.165, 1.54) is 11.1 Å². The molecule has 3 rings (SSSR count). The molecule has 2 aromatic carbocycles. The van der Waals surface area contributed by atoms with Crippen LogP contribution in [0.3, 0.4) is 0 Å². The number of Topliss-reactive ketones (excluding diaryl/α,β-unsaturated/α-hetero) is 1. The molecule has 0 bridgehead atoms. The molecule has 0 saturated carbocycles. The number of fused-ring (bicyclic) bond motifs is 1. The van der Waals surface area contributed by atoms with Gasteiger partial charge in [-0.3, -0.25) is 4.79 Å². The minimum atomic E-state index is -0.718. The van der Waals surface area contributed by atoms with E-state index in [-0.39, 0.29) is 5.78 Å². The largest absolute Gasteiger partial charge is 0.292 e. The normalized spacial score (nSPS) is 14.3. The zero-order chi connectivity index (χ0) is 14.8. The highest BCUT2D eigenvalue weighted by molar-refractivity contribution is 6.03. The lowest BCUT2D eigenvalue weighted by molar-refractivity contribution is 0.0979. The van der Waals surface area contributed by atoms with E-state index in [1.54, 1.807) is 0 Å². The Morgan fingerprint density at radius 3 is 2.71 bits per heavy atom. The summed E-state index contributed by atoms with van der Waals surface area (Å²) in [6.07, 6.45) is 3.30. The molecule has 2 heteroatoms. The summed E-state index contributed by atoms with van der Waals surface area (Å²) in [4.78, 5) is 12.7. The molecular formula is C19H17NO. The number of nitriles is 1. The molecular weight excluding hydrogens is 258 g/mol. The Morgan fingerprint density at radius 1 is 1.14 bits per heavy atom. The van der Waals surface area contributed by atoms with Crippen molar-refractivity contribution in [3.63, 3.8) is 0 Å². The van der Waals surface area contributed by atoms with E-state index >= 15 is 0 Å². The van der Waals surface area contributed by atoms with Crippen molar-refractivity contribution >= 4 is 5.78 Å². The van der Waals surface area contributed by atoms with Gasteiger partial charge in [0.2, 0.25) is 0 Å². The average molecular weight is 275 g/mol. The quantitative estimate of drug-likeness (QED) is 0.795. The van der Waals surface area contributed by atoms with Crippen molar-refractivity contribution in [2.45, 2.75) is 32.1 Å². The van der Waals surface area contributed by atoms with Crippen LogP contribution in [-0.4, -0.2) is 5.78 Å². The van der Waals surface area contributed by atoms with E-state index in [0.717, 1.165) is 30.4 Å². The Morgan fingerprint density at radius 2 is 1.95 bits per heavy atom. The third-order valence-electron chi connectivity index (χ3n) is 4.15. The van der Waals surface area contributed by atoms with Crippen LogP contribution in [0.1, 0.15) is 45.0 Å². The van der Waals surface area contributed by atoms with E-state index in [2.05, 4.69) is 6.07 Å². The molecule has 0 aliphatic heterocycles. The number of carbonyl (C=O) groups is 1. The summed E-state index contributed by atoms with van der Waals surface area (Å²) in [6, 6.07) is 15.7. The molecule has 0 aromatic heterocycles. The van der Waals surface area contributed by atoms with Crippen LogP contribution in [0.15, 0.2) is 42.5 Å². The van der Waals surface area contributed by atoms with Crippen LogP contribution in [0, 0.1) is 18.3 Å². The Balaban J connectivity index is 1.95. The number of hydrogen-bond donors (Lipinski definition) is 0. The summed E-state index contributed by atoms with van der Waals surface area (Å²) >= 11 is 0. The number of nitrogens with zero attached hydrogens (tertiary/aromatic N) is 1. The first-order valence-corrected chi connectivity index (χ1v) is 7.31. The number of rotatable bonds is 3. The topological polar surface area (TPSA) is 40.9 Å². The number of hydrogen-bond acceptors (Lipinski definition) is 2. The Bertz CT molecular complexity index is 739. The highest BCUT2D eigenvalue weighted by Gasteiger charge is 2.23. The third kappa shape index (κ3) is 2.60. The van der Waals surface area contributed by atoms with Crippen LogP contribution in [0.2, 0.25) is 0 Å². The van der Waals surface area contributed by atoms with Gasteiger partial charge in [-0.05, 0) is 48.9 Å². The Kier molecular flexibility index (Phi) is 3.58. The Labute approximate surface area is 125 Å². The van der Waals surface area contributed by atoms with Gasteiger partial charge in [-0.15, -0.1) is 0 Å². The maximum Gasteiger partial charge on any atom is 0.184 e. The molecule has 104 valence electrons. The summed E-state index contributed by atoms with van der Waals surface area (Å²) in [6.45, 7) is 1.97. The highest BCUT2D eigenvalue weighted by Crippen LogP contribution is 2.26. The second-order valence-corrected chi connectivity index (χ2v) is 5.68. The first kappa shape index (κ1) is 13.6. The molecule has 0 heterocycles. The molecule has 0 N–H and O–H groups in total. The van der Waals surface area contributed by atoms with E-state index in [0.29, 0.717) is 5.56 Å². The number of carbonyl (C=O) groups excluding carboxylic acids is 1. The maximum atomic E-state index is 12.7. The van der Waals surface area contributed by atoms with Gasteiger partial charge in [-0.1, -0.05) is 42.0 Å². The number of ketones is 1. The van der Waals surface area contributed by atoms with E-state index < -0.39 is 5.92 Å². The molecule has 2 nitrogen and oxygen atoms in total. The molecule has 0 fully saturated rings. The van der Waals surface area contributed by atoms with Crippen molar-refractivity contribution < 1.29 is 4.79 Å². The van der Waals surface area contributed by atoms with Crippen molar-refractivity contribution in [2.24, 2.45) is 0 Å². The molecule has 21 heavy (non-hydrogen) atoms. The second-order valence-electron chi connectivity index (χ2n) is 5.68. The zero-order valence-corrected chi connectivity index (χ0v) is 12.1. The lowest BCUT2D eigenvalue weighted by Gasteiger charge is -2.10. The van der Waals surface area contributed by atoms with Crippen LogP contribution in [0.25, 0.3) is 0 Å². The second kappa shape index (κ2) is 5.54. The van der Waals surface area contributed by atoms with Gasteiger partial charge in [0.25, 0.3) is 0 Å². The number of benzene rings is 2. The summed E-state index contributed by atoms with van der Waals surface area (Å²) in [5.74, 6) is -0.817. The van der Waals surface area contributed by atoms with Gasteiger partial charge in [0.1, 0.15) is 5.92 Å². The lowest BCUT2D eigenvalue weighted by atomic mass is 9.90. The van der Waals surface area contributed by atoms with Gasteiger partial charge < -0.3 is 0 Å². The highest BCUT2D eigenvalue weighted by atomic mass is 16.1. The van der Waals surface area contributed by atoms with Gasteiger partial charge in [-0.2, -0.15) is 5.26 Å². The molecule has 0 spiro atoms. The van der Waals surface area contributed by atoms with Crippen LogP contribution in [0.4, 0.5) is 0 Å². The van der Waals surface area contributed by atoms with Crippen molar-refractivity contribution in [1.82, 2.24) is 0 Å². The standard InChI is InChI=1S/C19H17NO/c1-13-4-2-7-16(10-13)18(12-20)19(21)17-9-8-14-5-3-6-15(14)11-17/h2,4,7-11,18H,3,5-6H2,1H3. The average Bonchev–Trinajstić information content (AvgIpc) is 2.95. The van der Waals surface area contributed by atoms with Gasteiger partial charge in [0.05, 0.1) is 6.07 Å². The molecule has 0 saturated heterocycles. The van der Waals surface area contributed by atoms with Crippen molar-refractivity contribution in [2.75, 3.05) is 0 Å². The van der Waals surface area contributed by atoms with Crippen LogP contribution >= 0.6 is 0 Å². The van der Waals surface area contributed by atoms with Gasteiger partial charge in [-0.25, -0.2) is 0 Å². The van der Waals surface area contributed by atoms with Gasteiger partial charge >= 0.3 is 0 Å². The molecule has 2 aromatic rings. The molecule has 1 atom stereocenters. The zero-order valence-electron chi connectivity index (χ0n) is 12.1. The van der Waals surface area contributed by atoms with E-state index in [1.807, 2.05) is 49.4 Å². The molecule has 0 radical (unpaired) electrons. The van der Waals surface area contributed by atoms with Crippen LogP contribution in [0.5, 0.6) is 0 Å². The van der Waals surface area contributed by atoms with E-state index in [4.69, 9.17) is 0 Å². The fourth-order valence-electron chi connectivity index (χ4n) is 3.03. The SMILES string of the molecule is Cc1cccc(C(C#N)C(=O)c2ccc3c(c2)CCC3)c1. The predicted octanol–water partition coefficient (Wildman–Crippen LogP) is 3.97. The third-order valence-corrected chi connectivity index (χ3v) is 4.15. The number of aryl methyl sites for hydroxylation is 3. The molecule has 1 aliphatic carbocycles. The monoisotopic (exact) mass is 275 g/mol. The predicted molar refractivity (Wildman–Crippen MR) is 82.3 cm³/mol. The van der Waals surface area contributed by atoms with Gasteiger partial charge in [0, 0.05) is 5.56 Å². The van der Waals surface area contributed by atoms with Crippen molar-refractivity contribution in [3.05, 3.63) is 70.3 Å². The minimum Gasteiger partial charge on any atom is -0.292 e. The van der Waals surface area contributed by atoms with Crippen LogP contribution < -0.4 is 0 Å². The van der Waals surface area contributed by atoms with Crippen molar-refractivity contribution in [1.29, 1.82) is 5.26 Å². The summed E-state index contributed by atoms with van der Waals surface area (Å²) < 4.78 is 0. The molecule has 1 unspecified atom stereocenters. The minimum absolute atomic E-state index is 0.0993. The van der Waals surface area contributed by atoms with Crippen LogP contribution in [-0.2, 0) is 12.8 Å². The Hall–Kier alpha value is -2.40. The summed E-state index contributed by atoms with van der Waals surface area (Å²) in [7, 11) is 0. The summed E-state index contributed by atoms with van der Waals surface area (Å²) in [5.41, 5.74) is 5.11. The lowest BCUT2D eigenvalue weighted by Crippen LogP contribution is -2.12. The molecule has 0 amide bonds. The first-order chi connectivity index (χ1) is 10.2. The fourth-order valence-corrected chi connectivity index (χ4v) is 3.03. The molecule has 1 aliphatic rings. The first-order valence-electron chi connectivity index (χ1n) is 7.31. The van der Waals surface area contributed by atoms with Gasteiger partial charge in [0.15, 0.2) is 5.78 Å². The van der Waals surface area contributed by atoms with Crippen molar-refractivity contribution in [3.8, 4) is 6.07 Å². The maximum absolute atomic E-state index is 12.7. The summed E-state index contributed by atoms with van der Waals surface area (Å²) in [5, 5.41) is 9.42. The smallest absolute Gasteiger partial charge is 0.184 e. The van der Waals surface area contributed by atoms with E-state index in [9.17, 15) is 10.1 Å². The fraction of sp³-hybridized carbons (Fsp3) is 0.263.